The fourth-order valence-electron chi connectivity index (χ4n) is 3.79. The van der Waals surface area contributed by atoms with Gasteiger partial charge in [0, 0.05) is 38.0 Å². The van der Waals surface area contributed by atoms with E-state index in [9.17, 15) is 19.5 Å². The molecule has 0 aromatic heterocycles. The van der Waals surface area contributed by atoms with Crippen molar-refractivity contribution in [3.63, 3.8) is 0 Å². The number of hydrogen-bond acceptors (Lipinski definition) is 6. The average molecular weight is 435 g/mol. The summed E-state index contributed by atoms with van der Waals surface area (Å²) in [5.74, 6) is -2.22. The molecule has 0 unspecified atom stereocenters. The Bertz CT molecular complexity index is 757. The molecule has 5 N–H and O–H groups in total. The second-order valence-electron chi connectivity index (χ2n) is 7.91. The summed E-state index contributed by atoms with van der Waals surface area (Å²) in [6.07, 6.45) is 2.86. The van der Waals surface area contributed by atoms with Gasteiger partial charge in [-0.05, 0) is 50.4 Å². The number of carbonyl (C=O) groups excluding carboxylic acids is 2. The Morgan fingerprint density at radius 2 is 2.10 bits per heavy atom. The van der Waals surface area contributed by atoms with Crippen LogP contribution in [0.4, 0.5) is 5.69 Å². The molecule has 0 heterocycles. The first kappa shape index (κ1) is 24.6. The highest BCUT2D eigenvalue weighted by molar-refractivity contribution is 5.98. The minimum Gasteiger partial charge on any atom is -0.481 e. The predicted octanol–water partition coefficient (Wildman–Crippen LogP) is 0.976. The Morgan fingerprint density at radius 3 is 2.77 bits per heavy atom. The molecule has 9 heteroatoms. The normalized spacial score (nSPS) is 18.9. The SMILES string of the molecule is COCCN(C)c1cccc(C(=O)N[C@@H](CCCN)C(=O)N[C@H]2CCC[C@H]2C(=O)O)c1. The molecule has 1 aliphatic carbocycles. The zero-order valence-corrected chi connectivity index (χ0v) is 18.3. The van der Waals surface area contributed by atoms with Crippen molar-refractivity contribution >= 4 is 23.5 Å². The second-order valence-corrected chi connectivity index (χ2v) is 7.91. The molecule has 1 aromatic carbocycles. The fourth-order valence-corrected chi connectivity index (χ4v) is 3.79. The lowest BCUT2D eigenvalue weighted by molar-refractivity contribution is -0.142. The number of likely N-dealkylation sites (N-methyl/N-ethyl adjacent to an activating group) is 1. The van der Waals surface area contributed by atoms with Crippen molar-refractivity contribution < 1.29 is 24.2 Å². The van der Waals surface area contributed by atoms with E-state index in [0.717, 1.165) is 12.1 Å². The van der Waals surface area contributed by atoms with Crippen molar-refractivity contribution in [1.82, 2.24) is 10.6 Å². The van der Waals surface area contributed by atoms with Crippen LogP contribution in [0, 0.1) is 5.92 Å². The molecule has 0 aliphatic heterocycles. The number of carboxylic acid groups (broad SMARTS) is 1. The maximum Gasteiger partial charge on any atom is 0.308 e. The summed E-state index contributed by atoms with van der Waals surface area (Å²) in [7, 11) is 3.54. The van der Waals surface area contributed by atoms with Gasteiger partial charge >= 0.3 is 5.97 Å². The van der Waals surface area contributed by atoms with E-state index in [0.29, 0.717) is 50.9 Å². The Morgan fingerprint density at radius 1 is 1.32 bits per heavy atom. The molecule has 0 bridgehead atoms. The van der Waals surface area contributed by atoms with Crippen LogP contribution < -0.4 is 21.3 Å². The van der Waals surface area contributed by atoms with E-state index in [2.05, 4.69) is 10.6 Å². The van der Waals surface area contributed by atoms with Gasteiger partial charge < -0.3 is 31.1 Å². The van der Waals surface area contributed by atoms with Gasteiger partial charge in [0.25, 0.3) is 5.91 Å². The van der Waals surface area contributed by atoms with Crippen LogP contribution in [-0.2, 0) is 14.3 Å². The maximum atomic E-state index is 12.9. The summed E-state index contributed by atoms with van der Waals surface area (Å²) >= 11 is 0. The number of anilines is 1. The topological polar surface area (TPSA) is 134 Å². The molecule has 1 fully saturated rings. The molecule has 9 nitrogen and oxygen atoms in total. The van der Waals surface area contributed by atoms with Crippen molar-refractivity contribution in [3.8, 4) is 0 Å². The lowest BCUT2D eigenvalue weighted by Gasteiger charge is -2.23. The molecule has 1 aromatic rings. The second kappa shape index (κ2) is 12.3. The molecule has 2 amide bonds. The van der Waals surface area contributed by atoms with Crippen molar-refractivity contribution in [2.75, 3.05) is 38.8 Å². The van der Waals surface area contributed by atoms with E-state index in [4.69, 9.17) is 10.5 Å². The van der Waals surface area contributed by atoms with Crippen LogP contribution >= 0.6 is 0 Å². The third-order valence-corrected chi connectivity index (χ3v) is 5.66. The van der Waals surface area contributed by atoms with E-state index in [1.54, 1.807) is 25.3 Å². The zero-order valence-electron chi connectivity index (χ0n) is 18.3. The third-order valence-electron chi connectivity index (χ3n) is 5.66. The lowest BCUT2D eigenvalue weighted by atomic mass is 10.0. The fraction of sp³-hybridized carbons (Fsp3) is 0.591. The van der Waals surface area contributed by atoms with E-state index >= 15 is 0 Å². The molecule has 0 saturated heterocycles. The molecule has 1 saturated carbocycles. The number of rotatable bonds is 12. The number of nitrogens with two attached hydrogens (primary N) is 1. The molecule has 0 spiro atoms. The van der Waals surface area contributed by atoms with Crippen LogP contribution in [0.25, 0.3) is 0 Å². The first-order valence-corrected chi connectivity index (χ1v) is 10.7. The third kappa shape index (κ3) is 7.22. The predicted molar refractivity (Wildman–Crippen MR) is 118 cm³/mol. The summed E-state index contributed by atoms with van der Waals surface area (Å²) in [6.45, 7) is 1.63. The van der Waals surface area contributed by atoms with Crippen molar-refractivity contribution in [3.05, 3.63) is 29.8 Å². The van der Waals surface area contributed by atoms with Gasteiger partial charge in [-0.1, -0.05) is 12.5 Å². The highest BCUT2D eigenvalue weighted by Crippen LogP contribution is 2.26. The van der Waals surface area contributed by atoms with Crippen LogP contribution in [0.5, 0.6) is 0 Å². The molecule has 2 rings (SSSR count). The Kier molecular flexibility index (Phi) is 9.74. The zero-order chi connectivity index (χ0) is 22.8. The average Bonchev–Trinajstić information content (AvgIpc) is 3.23. The van der Waals surface area contributed by atoms with E-state index in [1.165, 1.54) is 0 Å². The number of carbonyl (C=O) groups is 3. The van der Waals surface area contributed by atoms with Crippen LogP contribution in [-0.4, -0.2) is 68.8 Å². The summed E-state index contributed by atoms with van der Waals surface area (Å²) in [5.41, 5.74) is 6.90. The highest BCUT2D eigenvalue weighted by atomic mass is 16.5. The smallest absolute Gasteiger partial charge is 0.308 e. The molecule has 31 heavy (non-hydrogen) atoms. The molecule has 3 atom stereocenters. The number of nitrogens with one attached hydrogen (secondary N) is 2. The van der Waals surface area contributed by atoms with E-state index in [-0.39, 0.29) is 11.8 Å². The molecule has 0 radical (unpaired) electrons. The number of methoxy groups -OCH3 is 1. The molecular formula is C22H34N4O5. The van der Waals surface area contributed by atoms with Gasteiger partial charge in [-0.2, -0.15) is 0 Å². The quantitative estimate of drug-likeness (QED) is 0.385. The highest BCUT2D eigenvalue weighted by Gasteiger charge is 2.35. The number of carboxylic acids is 1. The van der Waals surface area contributed by atoms with Crippen LogP contribution in [0.1, 0.15) is 42.5 Å². The number of benzene rings is 1. The van der Waals surface area contributed by atoms with Crippen molar-refractivity contribution in [1.29, 1.82) is 0 Å². The molecule has 172 valence electrons. The molecular weight excluding hydrogens is 400 g/mol. The monoisotopic (exact) mass is 434 g/mol. The van der Waals surface area contributed by atoms with Gasteiger partial charge in [-0.3, -0.25) is 14.4 Å². The van der Waals surface area contributed by atoms with Crippen LogP contribution in [0.15, 0.2) is 24.3 Å². The number of amides is 2. The van der Waals surface area contributed by atoms with Crippen molar-refractivity contribution in [2.24, 2.45) is 11.7 Å². The van der Waals surface area contributed by atoms with Crippen LogP contribution in [0.3, 0.4) is 0 Å². The standard InChI is InChI=1S/C22H34N4O5/c1-26(12-13-31-2)16-7-3-6-15(14-16)20(27)25-19(10-5-11-23)21(28)24-18-9-4-8-17(18)22(29)30/h3,6-7,14,17-19H,4-5,8-13,23H2,1-2H3,(H,24,28)(H,25,27)(H,29,30)/t17-,18+,19+/m1/s1. The Balaban J connectivity index is 2.06. The maximum absolute atomic E-state index is 12.9. The first-order valence-electron chi connectivity index (χ1n) is 10.7. The van der Waals surface area contributed by atoms with Gasteiger partial charge in [0.15, 0.2) is 0 Å². The number of aliphatic carboxylic acids is 1. The number of nitrogens with zero attached hydrogens (tertiary/aromatic N) is 1. The van der Waals surface area contributed by atoms with Crippen molar-refractivity contribution in [2.45, 2.75) is 44.2 Å². The minimum absolute atomic E-state index is 0.361. The Hall–Kier alpha value is -2.65. The van der Waals surface area contributed by atoms with E-state index in [1.807, 2.05) is 18.0 Å². The van der Waals surface area contributed by atoms with E-state index < -0.39 is 24.0 Å². The summed E-state index contributed by atoms with van der Waals surface area (Å²) in [4.78, 5) is 39.1. The summed E-state index contributed by atoms with van der Waals surface area (Å²) < 4.78 is 5.09. The van der Waals surface area contributed by atoms with Gasteiger partial charge in [0.2, 0.25) is 5.91 Å². The van der Waals surface area contributed by atoms with Gasteiger partial charge in [-0.15, -0.1) is 0 Å². The summed E-state index contributed by atoms with van der Waals surface area (Å²) in [5, 5.41) is 15.0. The van der Waals surface area contributed by atoms with Gasteiger partial charge in [0.1, 0.15) is 6.04 Å². The number of hydrogen-bond donors (Lipinski definition) is 4. The minimum atomic E-state index is -0.903. The van der Waals surface area contributed by atoms with Crippen LogP contribution in [0.2, 0.25) is 0 Å². The van der Waals surface area contributed by atoms with Gasteiger partial charge in [-0.25, -0.2) is 0 Å². The first-order chi connectivity index (χ1) is 14.9. The molecule has 1 aliphatic rings. The lowest BCUT2D eigenvalue weighted by Crippen LogP contribution is -2.51. The summed E-state index contributed by atoms with van der Waals surface area (Å²) in [6, 6.07) is 5.95. The largest absolute Gasteiger partial charge is 0.481 e. The number of ether oxygens (including phenoxy) is 1. The van der Waals surface area contributed by atoms with Gasteiger partial charge in [0.05, 0.1) is 12.5 Å². The Labute approximate surface area is 183 Å².